The Morgan fingerprint density at radius 2 is 1.86 bits per heavy atom. The van der Waals surface area contributed by atoms with Crippen LogP contribution in [0, 0.1) is 11.6 Å². The van der Waals surface area contributed by atoms with E-state index < -0.39 is 23.2 Å². The number of benzene rings is 2. The van der Waals surface area contributed by atoms with Gasteiger partial charge in [0, 0.05) is 38.0 Å². The third-order valence-corrected chi connectivity index (χ3v) is 8.56. The molecule has 1 N–H and O–H groups in total. The summed E-state index contributed by atoms with van der Waals surface area (Å²) in [6.07, 6.45) is 1.26. The molecule has 6 rings (SSSR count). The lowest BCUT2D eigenvalue weighted by Crippen LogP contribution is -2.59. The molecule has 2 aromatic carbocycles. The minimum atomic E-state index is -0.761. The number of anilines is 2. The van der Waals surface area contributed by atoms with Gasteiger partial charge in [0.25, 0.3) is 5.56 Å². The fraction of sp³-hybridized carbons (Fsp3) is 0.250. The number of nitrogens with zero attached hydrogens (tertiary/aromatic N) is 5. The number of halogens is 3. The van der Waals surface area contributed by atoms with E-state index in [0.717, 1.165) is 6.07 Å². The minimum absolute atomic E-state index is 0.00924. The van der Waals surface area contributed by atoms with Crippen molar-refractivity contribution in [2.75, 3.05) is 29.9 Å². The summed E-state index contributed by atoms with van der Waals surface area (Å²) in [5, 5.41) is 11.0. The van der Waals surface area contributed by atoms with Crippen molar-refractivity contribution in [2.45, 2.75) is 32.0 Å². The lowest BCUT2D eigenvalue weighted by atomic mass is 10.0. The van der Waals surface area contributed by atoms with Crippen LogP contribution in [0.15, 0.2) is 66.0 Å². The number of fused-ring (bicyclic) bond motifs is 5. The summed E-state index contributed by atoms with van der Waals surface area (Å²) < 4.78 is 30.1. The Bertz CT molecular complexity index is 1890. The van der Waals surface area contributed by atoms with Gasteiger partial charge < -0.3 is 19.8 Å². The highest BCUT2D eigenvalue weighted by Crippen LogP contribution is 2.44. The van der Waals surface area contributed by atoms with Crippen molar-refractivity contribution < 1.29 is 23.5 Å². The number of carbonyl (C=O) groups is 2. The molecule has 4 heterocycles. The molecule has 2 amide bonds. The van der Waals surface area contributed by atoms with Gasteiger partial charge in [-0.3, -0.25) is 19.0 Å². The van der Waals surface area contributed by atoms with Crippen LogP contribution < -0.4 is 15.4 Å². The lowest BCUT2D eigenvalue weighted by Gasteiger charge is -2.46. The van der Waals surface area contributed by atoms with Gasteiger partial charge in [-0.1, -0.05) is 36.4 Å². The Kier molecular flexibility index (Phi) is 7.36. The van der Waals surface area contributed by atoms with Gasteiger partial charge in [0.1, 0.15) is 28.7 Å². The predicted molar refractivity (Wildman–Crippen MR) is 164 cm³/mol. The minimum Gasteiger partial charge on any atom is -0.507 e. The second kappa shape index (κ2) is 11.1. The normalized spacial score (nSPS) is 18.2. The van der Waals surface area contributed by atoms with E-state index in [1.807, 2.05) is 11.8 Å². The van der Waals surface area contributed by atoms with E-state index in [0.29, 0.717) is 23.2 Å². The maximum atomic E-state index is 15.1. The highest BCUT2D eigenvalue weighted by atomic mass is 35.5. The SMILES string of the molecule is C=CC(=O)N1C[C@@H]2CC(=O)N(C)c3c(c4cc(Cl)c(-c5c(O)cccc5F)nc4n(Cc4ccc(F)cc4)c3=O)N2[C@@H](C)C1. The number of hydrogen-bond acceptors (Lipinski definition) is 6. The maximum absolute atomic E-state index is 15.1. The molecule has 0 unspecified atom stereocenters. The number of rotatable bonds is 4. The molecule has 0 aliphatic carbocycles. The summed E-state index contributed by atoms with van der Waals surface area (Å²) in [5.74, 6) is -2.18. The van der Waals surface area contributed by atoms with Gasteiger partial charge in [-0.25, -0.2) is 13.8 Å². The third kappa shape index (κ3) is 4.77. The summed E-state index contributed by atoms with van der Waals surface area (Å²) >= 11 is 6.76. The van der Waals surface area contributed by atoms with Crippen molar-refractivity contribution in [3.05, 3.63) is 93.8 Å². The van der Waals surface area contributed by atoms with Gasteiger partial charge in [0.05, 0.1) is 34.6 Å². The van der Waals surface area contributed by atoms with Crippen LogP contribution in [0.4, 0.5) is 20.2 Å². The summed E-state index contributed by atoms with van der Waals surface area (Å²) in [6.45, 7) is 5.96. The number of amides is 2. The molecule has 4 aromatic rings. The molecule has 226 valence electrons. The average Bonchev–Trinajstić information content (AvgIpc) is 3.10. The van der Waals surface area contributed by atoms with Gasteiger partial charge in [-0.05, 0) is 48.9 Å². The van der Waals surface area contributed by atoms with Crippen LogP contribution in [-0.2, 0) is 16.1 Å². The molecule has 1 saturated heterocycles. The van der Waals surface area contributed by atoms with E-state index in [-0.39, 0.29) is 70.7 Å². The molecule has 2 aromatic heterocycles. The molecular weight excluding hydrogens is 592 g/mol. The monoisotopic (exact) mass is 619 g/mol. The van der Waals surface area contributed by atoms with Crippen LogP contribution in [0.25, 0.3) is 22.3 Å². The predicted octanol–water partition coefficient (Wildman–Crippen LogP) is 4.71. The first-order valence-corrected chi connectivity index (χ1v) is 14.3. The fourth-order valence-corrected chi connectivity index (χ4v) is 6.48. The number of pyridine rings is 2. The molecule has 0 saturated carbocycles. The molecular formula is C32H28ClF2N5O4. The van der Waals surface area contributed by atoms with Crippen LogP contribution in [0.3, 0.4) is 0 Å². The summed E-state index contributed by atoms with van der Waals surface area (Å²) in [6, 6.07) is 10.2. The Hall–Kier alpha value is -4.77. The van der Waals surface area contributed by atoms with Crippen LogP contribution >= 0.6 is 11.6 Å². The molecule has 0 radical (unpaired) electrons. The van der Waals surface area contributed by atoms with Crippen molar-refractivity contribution >= 4 is 45.8 Å². The standard InChI is InChI=1S/C32H28ClF2N5O4/c1-4-25(42)38-14-17(2)40-20(16-38)12-26(43)37(3)30-29(40)21-13-22(33)28(27-23(35)6-5-7-24(27)41)36-31(21)39(32(30)44)15-18-8-10-19(34)11-9-18/h4-11,13,17,20,41H,1,12,14-16H2,2-3H3/t17-,20-/m0/s1. The Labute approximate surface area is 256 Å². The van der Waals surface area contributed by atoms with Crippen molar-refractivity contribution in [3.8, 4) is 17.0 Å². The molecule has 0 spiro atoms. The first kappa shape index (κ1) is 29.3. The van der Waals surface area contributed by atoms with Crippen LogP contribution in [-0.4, -0.2) is 63.6 Å². The van der Waals surface area contributed by atoms with Gasteiger partial charge in [0.2, 0.25) is 11.8 Å². The topological polar surface area (TPSA) is 99.0 Å². The second-order valence-corrected chi connectivity index (χ2v) is 11.5. The van der Waals surface area contributed by atoms with Crippen LogP contribution in [0.2, 0.25) is 5.02 Å². The van der Waals surface area contributed by atoms with Gasteiger partial charge in [0.15, 0.2) is 0 Å². The number of hydrogen-bond donors (Lipinski definition) is 1. The number of phenolic OH excluding ortho intramolecular Hbond substituents is 1. The Morgan fingerprint density at radius 3 is 2.55 bits per heavy atom. The Morgan fingerprint density at radius 1 is 1.14 bits per heavy atom. The third-order valence-electron chi connectivity index (χ3n) is 8.27. The van der Waals surface area contributed by atoms with Gasteiger partial charge in [-0.15, -0.1) is 0 Å². The van der Waals surface area contributed by atoms with E-state index in [1.165, 1.54) is 59.0 Å². The molecule has 2 aliphatic rings. The zero-order chi connectivity index (χ0) is 31.4. The Balaban J connectivity index is 1.68. The highest BCUT2D eigenvalue weighted by Gasteiger charge is 2.42. The van der Waals surface area contributed by atoms with E-state index in [4.69, 9.17) is 16.6 Å². The molecule has 2 aliphatic heterocycles. The fourth-order valence-electron chi connectivity index (χ4n) is 6.24. The van der Waals surface area contributed by atoms with E-state index in [1.54, 1.807) is 11.0 Å². The molecule has 44 heavy (non-hydrogen) atoms. The average molecular weight is 620 g/mol. The molecule has 9 nitrogen and oxygen atoms in total. The summed E-state index contributed by atoms with van der Waals surface area (Å²) in [4.78, 5) is 50.2. The van der Waals surface area contributed by atoms with Crippen molar-refractivity contribution in [1.82, 2.24) is 14.5 Å². The smallest absolute Gasteiger partial charge is 0.278 e. The van der Waals surface area contributed by atoms with Crippen LogP contribution in [0.1, 0.15) is 18.9 Å². The largest absolute Gasteiger partial charge is 0.507 e. The first-order chi connectivity index (χ1) is 21.0. The van der Waals surface area contributed by atoms with Crippen molar-refractivity contribution in [1.29, 1.82) is 0 Å². The summed E-state index contributed by atoms with van der Waals surface area (Å²) in [7, 11) is 1.52. The van der Waals surface area contributed by atoms with Gasteiger partial charge in [-0.2, -0.15) is 0 Å². The highest BCUT2D eigenvalue weighted by molar-refractivity contribution is 6.34. The zero-order valence-corrected chi connectivity index (χ0v) is 24.7. The molecule has 12 heteroatoms. The number of phenols is 1. The number of aromatic hydroxyl groups is 1. The first-order valence-electron chi connectivity index (χ1n) is 14.0. The van der Waals surface area contributed by atoms with Crippen molar-refractivity contribution in [3.63, 3.8) is 0 Å². The molecule has 1 fully saturated rings. The van der Waals surface area contributed by atoms with E-state index in [2.05, 4.69) is 6.58 Å². The number of aromatic nitrogens is 2. The lowest BCUT2D eigenvalue weighted by molar-refractivity contribution is -0.128. The number of carbonyl (C=O) groups excluding carboxylic acids is 2. The zero-order valence-electron chi connectivity index (χ0n) is 23.9. The van der Waals surface area contributed by atoms with E-state index in [9.17, 15) is 23.9 Å². The van der Waals surface area contributed by atoms with Gasteiger partial charge >= 0.3 is 0 Å². The van der Waals surface area contributed by atoms with Crippen molar-refractivity contribution in [2.24, 2.45) is 0 Å². The molecule has 0 bridgehead atoms. The molecule has 2 atom stereocenters. The summed E-state index contributed by atoms with van der Waals surface area (Å²) in [5.41, 5.74) is 0.350. The number of piperazine rings is 1. The van der Waals surface area contributed by atoms with Crippen LogP contribution in [0.5, 0.6) is 5.75 Å². The second-order valence-electron chi connectivity index (χ2n) is 11.1. The maximum Gasteiger partial charge on any atom is 0.278 e. The quantitative estimate of drug-likeness (QED) is 0.333. The van der Waals surface area contributed by atoms with E-state index >= 15 is 4.39 Å².